The quantitative estimate of drug-likeness (QED) is 0.750. The van der Waals surface area contributed by atoms with Gasteiger partial charge in [0, 0.05) is 12.2 Å². The van der Waals surface area contributed by atoms with Crippen LogP contribution in [-0.4, -0.2) is 36.5 Å². The van der Waals surface area contributed by atoms with Gasteiger partial charge in [-0.1, -0.05) is 30.3 Å². The minimum Gasteiger partial charge on any atom is -0.371 e. The van der Waals surface area contributed by atoms with E-state index in [0.717, 1.165) is 23.2 Å². The molecule has 0 radical (unpaired) electrons. The van der Waals surface area contributed by atoms with E-state index in [-0.39, 0.29) is 29.4 Å². The van der Waals surface area contributed by atoms with E-state index in [1.807, 2.05) is 44.2 Å². The number of carbonyl (C=O) groups is 2. The topological polar surface area (TPSA) is 67.4 Å². The zero-order valence-corrected chi connectivity index (χ0v) is 17.1. The van der Waals surface area contributed by atoms with Gasteiger partial charge in [0.2, 0.25) is 11.8 Å². The largest absolute Gasteiger partial charge is 0.371 e. The van der Waals surface area contributed by atoms with Crippen molar-refractivity contribution >= 4 is 29.3 Å². The smallest absolute Gasteiger partial charge is 0.234 e. The van der Waals surface area contributed by atoms with E-state index < -0.39 is 0 Å². The van der Waals surface area contributed by atoms with Crippen LogP contribution in [0.3, 0.4) is 0 Å². The van der Waals surface area contributed by atoms with Crippen LogP contribution in [0.25, 0.3) is 0 Å². The fraction of sp³-hybridized carbons (Fsp3) is 0.364. The number of hydrogen-bond acceptors (Lipinski definition) is 4. The van der Waals surface area contributed by atoms with E-state index in [4.69, 9.17) is 4.74 Å². The Bertz CT molecular complexity index is 853. The van der Waals surface area contributed by atoms with Crippen LogP contribution in [0.5, 0.6) is 0 Å². The van der Waals surface area contributed by atoms with E-state index >= 15 is 0 Å². The molecule has 28 heavy (non-hydrogen) atoms. The average Bonchev–Trinajstić information content (AvgIpc) is 2.69. The van der Waals surface area contributed by atoms with Crippen molar-refractivity contribution in [1.82, 2.24) is 5.32 Å². The molecule has 0 bridgehead atoms. The molecule has 1 heterocycles. The van der Waals surface area contributed by atoms with Crippen molar-refractivity contribution in [3.63, 3.8) is 0 Å². The monoisotopic (exact) mass is 398 g/mol. The van der Waals surface area contributed by atoms with Gasteiger partial charge in [-0.3, -0.25) is 9.59 Å². The lowest BCUT2D eigenvalue weighted by atomic mass is 9.97. The van der Waals surface area contributed by atoms with E-state index in [0.29, 0.717) is 13.2 Å². The van der Waals surface area contributed by atoms with Crippen LogP contribution >= 0.6 is 11.8 Å². The predicted octanol–water partition coefficient (Wildman–Crippen LogP) is 3.41. The Morgan fingerprint density at radius 2 is 1.86 bits per heavy atom. The Kier molecular flexibility index (Phi) is 7.12. The van der Waals surface area contributed by atoms with Gasteiger partial charge < -0.3 is 15.4 Å². The molecule has 2 amide bonds. The zero-order chi connectivity index (χ0) is 19.9. The van der Waals surface area contributed by atoms with Crippen molar-refractivity contribution in [1.29, 1.82) is 0 Å². The Hall–Kier alpha value is -2.31. The summed E-state index contributed by atoms with van der Waals surface area (Å²) in [4.78, 5) is 24.1. The molecule has 1 aliphatic heterocycles. The lowest BCUT2D eigenvalue weighted by molar-refractivity contribution is -0.119. The van der Waals surface area contributed by atoms with E-state index in [1.165, 1.54) is 22.9 Å². The van der Waals surface area contributed by atoms with Crippen LogP contribution < -0.4 is 10.6 Å². The fourth-order valence-electron chi connectivity index (χ4n) is 3.16. The molecular weight excluding hydrogens is 372 g/mol. The number of fused-ring (bicyclic) bond motifs is 1. The first-order valence-electron chi connectivity index (χ1n) is 9.44. The number of ether oxygens (including phenoxy) is 1. The van der Waals surface area contributed by atoms with Gasteiger partial charge in [-0.15, -0.1) is 11.8 Å². The fourth-order valence-corrected chi connectivity index (χ4v) is 3.80. The number of anilines is 1. The molecule has 5 nitrogen and oxygen atoms in total. The Morgan fingerprint density at radius 1 is 1.07 bits per heavy atom. The minimum absolute atomic E-state index is 0.0874. The van der Waals surface area contributed by atoms with Crippen LogP contribution in [-0.2, 0) is 20.7 Å². The second-order valence-electron chi connectivity index (χ2n) is 6.95. The SMILES string of the molecule is Cc1ccc(NC(=O)CSCC(=O)NCC2OCCc3ccccc32)cc1C. The Morgan fingerprint density at radius 3 is 2.68 bits per heavy atom. The number of rotatable bonds is 7. The highest BCUT2D eigenvalue weighted by molar-refractivity contribution is 8.00. The molecule has 0 spiro atoms. The molecule has 2 aromatic carbocycles. The molecule has 6 heteroatoms. The summed E-state index contributed by atoms with van der Waals surface area (Å²) in [5.41, 5.74) is 5.54. The summed E-state index contributed by atoms with van der Waals surface area (Å²) in [6, 6.07) is 14.0. The molecule has 1 atom stereocenters. The highest BCUT2D eigenvalue weighted by atomic mass is 32.2. The second-order valence-corrected chi connectivity index (χ2v) is 7.94. The summed E-state index contributed by atoms with van der Waals surface area (Å²) in [5, 5.41) is 5.78. The summed E-state index contributed by atoms with van der Waals surface area (Å²) in [6.07, 6.45) is 0.804. The lowest BCUT2D eigenvalue weighted by Crippen LogP contribution is -2.33. The highest BCUT2D eigenvalue weighted by Crippen LogP contribution is 2.26. The lowest BCUT2D eigenvalue weighted by Gasteiger charge is -2.26. The Balaban J connectivity index is 1.38. The number of thioether (sulfide) groups is 1. The van der Waals surface area contributed by atoms with Crippen molar-refractivity contribution in [2.75, 3.05) is 30.0 Å². The first-order valence-corrected chi connectivity index (χ1v) is 10.6. The third kappa shape index (κ3) is 5.59. The molecule has 0 fully saturated rings. The first-order chi connectivity index (χ1) is 13.5. The second kappa shape index (κ2) is 9.75. The molecule has 2 aromatic rings. The number of amides is 2. The number of aryl methyl sites for hydroxylation is 2. The molecule has 0 aliphatic carbocycles. The molecule has 0 saturated heterocycles. The van der Waals surface area contributed by atoms with Crippen molar-refractivity contribution < 1.29 is 14.3 Å². The molecule has 1 aliphatic rings. The molecule has 2 N–H and O–H groups in total. The maximum Gasteiger partial charge on any atom is 0.234 e. The summed E-state index contributed by atoms with van der Waals surface area (Å²) in [7, 11) is 0. The summed E-state index contributed by atoms with van der Waals surface area (Å²) >= 11 is 1.30. The van der Waals surface area contributed by atoms with Crippen molar-refractivity contribution in [3.8, 4) is 0 Å². The number of benzene rings is 2. The molecule has 148 valence electrons. The average molecular weight is 399 g/mol. The maximum absolute atomic E-state index is 12.1. The van der Waals surface area contributed by atoms with Crippen LogP contribution in [0.4, 0.5) is 5.69 Å². The van der Waals surface area contributed by atoms with Crippen molar-refractivity contribution in [2.24, 2.45) is 0 Å². The number of hydrogen-bond donors (Lipinski definition) is 2. The highest BCUT2D eigenvalue weighted by Gasteiger charge is 2.20. The number of nitrogens with one attached hydrogen (secondary N) is 2. The van der Waals surface area contributed by atoms with Crippen LogP contribution in [0, 0.1) is 13.8 Å². The third-order valence-electron chi connectivity index (χ3n) is 4.83. The van der Waals surface area contributed by atoms with E-state index in [9.17, 15) is 9.59 Å². The van der Waals surface area contributed by atoms with Gasteiger partial charge in [-0.05, 0) is 54.7 Å². The summed E-state index contributed by atoms with van der Waals surface area (Å²) in [6.45, 7) is 5.17. The van der Waals surface area contributed by atoms with E-state index in [2.05, 4.69) is 22.8 Å². The van der Waals surface area contributed by atoms with Gasteiger partial charge in [0.25, 0.3) is 0 Å². The van der Waals surface area contributed by atoms with Crippen LogP contribution in [0.1, 0.15) is 28.4 Å². The van der Waals surface area contributed by atoms with Crippen molar-refractivity contribution in [2.45, 2.75) is 26.4 Å². The normalized spacial score (nSPS) is 15.6. The molecule has 3 rings (SSSR count). The van der Waals surface area contributed by atoms with Gasteiger partial charge in [0.1, 0.15) is 6.10 Å². The minimum atomic E-state index is -0.106. The molecule has 0 aromatic heterocycles. The van der Waals surface area contributed by atoms with Gasteiger partial charge in [-0.2, -0.15) is 0 Å². The standard InChI is InChI=1S/C22H26N2O3S/c1-15-7-8-18(11-16(15)2)24-22(26)14-28-13-21(25)23-12-20-19-6-4-3-5-17(19)9-10-27-20/h3-8,11,20H,9-10,12-14H2,1-2H3,(H,23,25)(H,24,26). The Labute approximate surface area is 170 Å². The maximum atomic E-state index is 12.1. The van der Waals surface area contributed by atoms with Crippen LogP contribution in [0.15, 0.2) is 42.5 Å². The number of carbonyl (C=O) groups excluding carboxylic acids is 2. The zero-order valence-electron chi connectivity index (χ0n) is 16.3. The predicted molar refractivity (Wildman–Crippen MR) is 114 cm³/mol. The summed E-state index contributed by atoms with van der Waals surface area (Å²) in [5.74, 6) is 0.291. The molecule has 1 unspecified atom stereocenters. The molecule has 0 saturated carbocycles. The van der Waals surface area contributed by atoms with Gasteiger partial charge >= 0.3 is 0 Å². The van der Waals surface area contributed by atoms with E-state index in [1.54, 1.807) is 0 Å². The summed E-state index contributed by atoms with van der Waals surface area (Å²) < 4.78 is 5.80. The van der Waals surface area contributed by atoms with Crippen LogP contribution in [0.2, 0.25) is 0 Å². The van der Waals surface area contributed by atoms with Gasteiger partial charge in [0.15, 0.2) is 0 Å². The first kappa shape index (κ1) is 20.4. The van der Waals surface area contributed by atoms with Crippen molar-refractivity contribution in [3.05, 3.63) is 64.7 Å². The third-order valence-corrected chi connectivity index (χ3v) is 5.77. The molecular formula is C22H26N2O3S. The van der Waals surface area contributed by atoms with Gasteiger partial charge in [-0.25, -0.2) is 0 Å². The van der Waals surface area contributed by atoms with Gasteiger partial charge in [0.05, 0.1) is 18.1 Å².